The summed E-state index contributed by atoms with van der Waals surface area (Å²) in [6.45, 7) is 3.72. The maximum absolute atomic E-state index is 12.7. The molecule has 1 saturated heterocycles. The number of hydrogen-bond donors (Lipinski definition) is 1. The first kappa shape index (κ1) is 15.2. The number of benzene rings is 1. The highest BCUT2D eigenvalue weighted by Gasteiger charge is 2.53. The lowest BCUT2D eigenvalue weighted by Crippen LogP contribution is -2.41. The van der Waals surface area contributed by atoms with E-state index in [2.05, 4.69) is 0 Å². The summed E-state index contributed by atoms with van der Waals surface area (Å²) in [5.74, 6) is -1.96. The van der Waals surface area contributed by atoms with Crippen LogP contribution in [0.15, 0.2) is 30.3 Å². The van der Waals surface area contributed by atoms with Crippen LogP contribution in [0.5, 0.6) is 0 Å². The Kier molecular flexibility index (Phi) is 4.11. The third kappa shape index (κ3) is 2.44. The minimum atomic E-state index is -1.24. The molecule has 1 aromatic carbocycles. The van der Waals surface area contributed by atoms with Crippen LogP contribution in [-0.4, -0.2) is 27.8 Å². The first-order valence-corrected chi connectivity index (χ1v) is 7.11. The predicted molar refractivity (Wildman–Crippen MR) is 76.3 cm³/mol. The summed E-state index contributed by atoms with van der Waals surface area (Å²) in [6.07, 6.45) is 1.16. The molecule has 0 spiro atoms. The zero-order valence-electron chi connectivity index (χ0n) is 12.2. The van der Waals surface area contributed by atoms with Crippen LogP contribution in [0.3, 0.4) is 0 Å². The van der Waals surface area contributed by atoms with Crippen molar-refractivity contribution in [3.05, 3.63) is 35.9 Å². The quantitative estimate of drug-likeness (QED) is 0.844. The van der Waals surface area contributed by atoms with E-state index in [1.165, 1.54) is 0 Å². The zero-order chi connectivity index (χ0) is 15.6. The summed E-state index contributed by atoms with van der Waals surface area (Å²) < 4.78 is 0. The van der Waals surface area contributed by atoms with Gasteiger partial charge in [-0.3, -0.25) is 14.5 Å². The first-order chi connectivity index (χ1) is 9.96. The molecule has 1 N–H and O–H groups in total. The third-order valence-electron chi connectivity index (χ3n) is 4.39. The molecule has 1 atom stereocenters. The van der Waals surface area contributed by atoms with Crippen LogP contribution in [0.1, 0.15) is 44.7 Å². The molecular formula is C16H19NO4. The average Bonchev–Trinajstić information content (AvgIpc) is 2.73. The van der Waals surface area contributed by atoms with Gasteiger partial charge < -0.3 is 5.11 Å². The Hall–Kier alpha value is -2.17. The van der Waals surface area contributed by atoms with Crippen molar-refractivity contribution in [2.45, 2.75) is 39.2 Å². The van der Waals surface area contributed by atoms with Gasteiger partial charge in [-0.25, -0.2) is 4.79 Å². The molecule has 1 aromatic rings. The van der Waals surface area contributed by atoms with Gasteiger partial charge in [-0.15, -0.1) is 0 Å². The SMILES string of the molecule is CCC1(CC)CC(=O)N(C(C(=O)O)c2ccccc2)C1=O. The number of rotatable bonds is 5. The lowest BCUT2D eigenvalue weighted by Gasteiger charge is -2.27. The number of carbonyl (C=O) groups excluding carboxylic acids is 2. The summed E-state index contributed by atoms with van der Waals surface area (Å²) in [5, 5.41) is 9.49. The molecule has 1 aliphatic heterocycles. The van der Waals surface area contributed by atoms with Crippen molar-refractivity contribution in [2.24, 2.45) is 5.41 Å². The van der Waals surface area contributed by atoms with Crippen LogP contribution in [0.2, 0.25) is 0 Å². The second kappa shape index (κ2) is 5.68. The highest BCUT2D eigenvalue weighted by Crippen LogP contribution is 2.42. The number of nitrogens with zero attached hydrogens (tertiary/aromatic N) is 1. The number of carbonyl (C=O) groups is 3. The molecule has 5 heteroatoms. The van der Waals surface area contributed by atoms with Crippen molar-refractivity contribution in [3.8, 4) is 0 Å². The highest BCUT2D eigenvalue weighted by atomic mass is 16.4. The largest absolute Gasteiger partial charge is 0.479 e. The van der Waals surface area contributed by atoms with E-state index in [4.69, 9.17) is 0 Å². The van der Waals surface area contributed by atoms with E-state index in [1.807, 2.05) is 13.8 Å². The maximum Gasteiger partial charge on any atom is 0.331 e. The summed E-state index contributed by atoms with van der Waals surface area (Å²) in [6, 6.07) is 7.16. The third-order valence-corrected chi connectivity index (χ3v) is 4.39. The molecular weight excluding hydrogens is 270 g/mol. The number of imide groups is 1. The maximum atomic E-state index is 12.7. The van der Waals surface area contributed by atoms with Gasteiger partial charge in [-0.05, 0) is 18.4 Å². The smallest absolute Gasteiger partial charge is 0.331 e. The number of hydrogen-bond acceptors (Lipinski definition) is 3. The van der Waals surface area contributed by atoms with E-state index < -0.39 is 23.3 Å². The average molecular weight is 289 g/mol. The zero-order valence-corrected chi connectivity index (χ0v) is 12.2. The molecule has 1 fully saturated rings. The molecule has 1 aliphatic rings. The minimum Gasteiger partial charge on any atom is -0.479 e. The standard InChI is InChI=1S/C16H19NO4/c1-3-16(4-2)10-12(18)17(15(16)21)13(14(19)20)11-8-6-5-7-9-11/h5-9,13H,3-4,10H2,1-2H3,(H,19,20). The summed E-state index contributed by atoms with van der Waals surface area (Å²) >= 11 is 0. The molecule has 0 aliphatic carbocycles. The molecule has 0 bridgehead atoms. The van der Waals surface area contributed by atoms with Crippen LogP contribution >= 0.6 is 0 Å². The second-order valence-corrected chi connectivity index (χ2v) is 5.38. The Bertz CT molecular complexity index is 563. The molecule has 2 rings (SSSR count). The van der Waals surface area contributed by atoms with Crippen LogP contribution in [0, 0.1) is 5.41 Å². The monoisotopic (exact) mass is 289 g/mol. The van der Waals surface area contributed by atoms with Gasteiger partial charge in [0.05, 0.1) is 5.41 Å². The van der Waals surface area contributed by atoms with Gasteiger partial charge in [-0.1, -0.05) is 44.2 Å². The second-order valence-electron chi connectivity index (χ2n) is 5.38. The number of amides is 2. The molecule has 5 nitrogen and oxygen atoms in total. The van der Waals surface area contributed by atoms with Crippen molar-refractivity contribution in [2.75, 3.05) is 0 Å². The fourth-order valence-corrected chi connectivity index (χ4v) is 2.92. The Morgan fingerprint density at radius 1 is 1.24 bits per heavy atom. The normalized spacial score (nSPS) is 18.9. The summed E-state index contributed by atoms with van der Waals surface area (Å²) in [7, 11) is 0. The van der Waals surface area contributed by atoms with Crippen molar-refractivity contribution in [3.63, 3.8) is 0 Å². The summed E-state index contributed by atoms with van der Waals surface area (Å²) in [5.41, 5.74) is -0.311. The Morgan fingerprint density at radius 3 is 2.24 bits per heavy atom. The van der Waals surface area contributed by atoms with Crippen LogP contribution in [0.25, 0.3) is 0 Å². The lowest BCUT2D eigenvalue weighted by atomic mass is 9.81. The minimum absolute atomic E-state index is 0.0927. The number of carboxylic acid groups (broad SMARTS) is 1. The molecule has 1 unspecified atom stereocenters. The fraction of sp³-hybridized carbons (Fsp3) is 0.438. The van der Waals surface area contributed by atoms with Gasteiger partial charge in [0, 0.05) is 6.42 Å². The van der Waals surface area contributed by atoms with Gasteiger partial charge in [-0.2, -0.15) is 0 Å². The Labute approximate surface area is 123 Å². The molecule has 1 heterocycles. The molecule has 0 radical (unpaired) electrons. The molecule has 0 saturated carbocycles. The predicted octanol–water partition coefficient (Wildman–Crippen LogP) is 2.38. The number of aliphatic carboxylic acids is 1. The molecule has 112 valence electrons. The van der Waals surface area contributed by atoms with Crippen molar-refractivity contribution < 1.29 is 19.5 Å². The van der Waals surface area contributed by atoms with Crippen molar-refractivity contribution in [1.29, 1.82) is 0 Å². The van der Waals surface area contributed by atoms with E-state index >= 15 is 0 Å². The van der Waals surface area contributed by atoms with Gasteiger partial charge >= 0.3 is 5.97 Å². The first-order valence-electron chi connectivity index (χ1n) is 7.11. The van der Waals surface area contributed by atoms with Crippen LogP contribution < -0.4 is 0 Å². The van der Waals surface area contributed by atoms with Gasteiger partial charge in [0.1, 0.15) is 0 Å². The summed E-state index contributed by atoms with van der Waals surface area (Å²) in [4.78, 5) is 37.5. The fourth-order valence-electron chi connectivity index (χ4n) is 2.92. The van der Waals surface area contributed by atoms with E-state index in [0.717, 1.165) is 4.90 Å². The Morgan fingerprint density at radius 2 is 1.81 bits per heavy atom. The Balaban J connectivity index is 2.45. The van der Waals surface area contributed by atoms with E-state index in [1.54, 1.807) is 30.3 Å². The van der Waals surface area contributed by atoms with Crippen molar-refractivity contribution in [1.82, 2.24) is 4.90 Å². The van der Waals surface area contributed by atoms with Crippen molar-refractivity contribution >= 4 is 17.8 Å². The lowest BCUT2D eigenvalue weighted by molar-refractivity contribution is -0.156. The van der Waals surface area contributed by atoms with Gasteiger partial charge in [0.15, 0.2) is 6.04 Å². The van der Waals surface area contributed by atoms with E-state index in [9.17, 15) is 19.5 Å². The van der Waals surface area contributed by atoms with E-state index in [-0.39, 0.29) is 12.3 Å². The molecule has 0 aromatic heterocycles. The van der Waals surface area contributed by atoms with Crippen LogP contribution in [-0.2, 0) is 14.4 Å². The molecule has 21 heavy (non-hydrogen) atoms. The van der Waals surface area contributed by atoms with Crippen LogP contribution in [0.4, 0.5) is 0 Å². The highest BCUT2D eigenvalue weighted by molar-refractivity contribution is 6.08. The molecule has 2 amide bonds. The number of likely N-dealkylation sites (tertiary alicyclic amines) is 1. The van der Waals surface area contributed by atoms with Gasteiger partial charge in [0.25, 0.3) is 0 Å². The van der Waals surface area contributed by atoms with E-state index in [0.29, 0.717) is 18.4 Å². The number of carboxylic acids is 1. The topological polar surface area (TPSA) is 74.7 Å². The van der Waals surface area contributed by atoms with Gasteiger partial charge in [0.2, 0.25) is 11.8 Å².